The summed E-state index contributed by atoms with van der Waals surface area (Å²) in [5.41, 5.74) is 0.916. The van der Waals surface area contributed by atoms with Gasteiger partial charge in [0.25, 0.3) is 6.43 Å². The average Bonchev–Trinajstić information content (AvgIpc) is 2.21. The molecule has 0 atom stereocenters. The zero-order valence-corrected chi connectivity index (χ0v) is 10.3. The SMILES string of the molecule is Oc1ccc(CN(CCBr)CC(F)F)cc1. The van der Waals surface area contributed by atoms with Crippen molar-refractivity contribution in [3.05, 3.63) is 29.8 Å². The fourth-order valence-corrected chi connectivity index (χ4v) is 1.91. The molecule has 0 heterocycles. The predicted molar refractivity (Wildman–Crippen MR) is 63.2 cm³/mol. The third-order valence-corrected chi connectivity index (χ3v) is 2.49. The van der Waals surface area contributed by atoms with E-state index in [1.165, 1.54) is 0 Å². The topological polar surface area (TPSA) is 23.5 Å². The van der Waals surface area contributed by atoms with Crippen molar-refractivity contribution in [2.75, 3.05) is 18.4 Å². The minimum absolute atomic E-state index is 0.185. The lowest BCUT2D eigenvalue weighted by molar-refractivity contribution is 0.0881. The lowest BCUT2D eigenvalue weighted by Crippen LogP contribution is -2.30. The van der Waals surface area contributed by atoms with E-state index in [0.717, 1.165) is 5.56 Å². The molecule has 0 aliphatic heterocycles. The van der Waals surface area contributed by atoms with Crippen molar-refractivity contribution in [3.63, 3.8) is 0 Å². The van der Waals surface area contributed by atoms with Crippen LogP contribution in [0.25, 0.3) is 0 Å². The molecule has 2 nitrogen and oxygen atoms in total. The molecule has 0 aliphatic rings. The van der Waals surface area contributed by atoms with Crippen molar-refractivity contribution in [2.24, 2.45) is 0 Å². The van der Waals surface area contributed by atoms with Crippen LogP contribution in [0, 0.1) is 0 Å². The summed E-state index contributed by atoms with van der Waals surface area (Å²) >= 11 is 3.24. The van der Waals surface area contributed by atoms with Gasteiger partial charge in [-0.05, 0) is 17.7 Å². The van der Waals surface area contributed by atoms with Gasteiger partial charge in [-0.15, -0.1) is 0 Å². The Morgan fingerprint density at radius 1 is 1.25 bits per heavy atom. The normalized spacial score (nSPS) is 11.3. The van der Waals surface area contributed by atoms with Gasteiger partial charge in [0.05, 0.1) is 6.54 Å². The number of nitrogens with zero attached hydrogens (tertiary/aromatic N) is 1. The molecule has 0 amide bonds. The molecular weight excluding hydrogens is 280 g/mol. The van der Waals surface area contributed by atoms with Crippen molar-refractivity contribution in [2.45, 2.75) is 13.0 Å². The van der Waals surface area contributed by atoms with E-state index in [1.54, 1.807) is 29.2 Å². The standard InChI is InChI=1S/C11H14BrF2NO/c12-5-6-15(8-11(13)14)7-9-1-3-10(16)4-2-9/h1-4,11,16H,5-8H2. The predicted octanol–water partition coefficient (Wildman–Crippen LogP) is 2.85. The van der Waals surface area contributed by atoms with Gasteiger partial charge in [0.15, 0.2) is 0 Å². The number of phenolic OH excluding ortho intramolecular Hbond substituents is 1. The molecular formula is C11H14BrF2NO. The molecule has 0 bridgehead atoms. The summed E-state index contributed by atoms with van der Waals surface area (Å²) in [4.78, 5) is 1.67. The molecule has 0 spiro atoms. The maximum atomic E-state index is 12.3. The van der Waals surface area contributed by atoms with Gasteiger partial charge in [-0.1, -0.05) is 28.1 Å². The highest BCUT2D eigenvalue weighted by molar-refractivity contribution is 9.09. The number of rotatable bonds is 6. The molecule has 16 heavy (non-hydrogen) atoms. The lowest BCUT2D eigenvalue weighted by Gasteiger charge is -2.20. The van der Waals surface area contributed by atoms with Crippen LogP contribution in [0.2, 0.25) is 0 Å². The molecule has 0 saturated heterocycles. The minimum atomic E-state index is -2.32. The molecule has 5 heteroatoms. The van der Waals surface area contributed by atoms with E-state index >= 15 is 0 Å². The molecule has 90 valence electrons. The highest BCUT2D eigenvalue weighted by Gasteiger charge is 2.11. The second-order valence-corrected chi connectivity index (χ2v) is 4.27. The molecule has 0 saturated carbocycles. The van der Waals surface area contributed by atoms with E-state index in [0.29, 0.717) is 18.4 Å². The summed E-state index contributed by atoms with van der Waals surface area (Å²) < 4.78 is 24.6. The van der Waals surface area contributed by atoms with Gasteiger partial charge in [-0.3, -0.25) is 4.90 Å². The van der Waals surface area contributed by atoms with Gasteiger partial charge < -0.3 is 5.11 Å². The van der Waals surface area contributed by atoms with Crippen molar-refractivity contribution in [3.8, 4) is 5.75 Å². The lowest BCUT2D eigenvalue weighted by atomic mass is 10.2. The molecule has 1 N–H and O–H groups in total. The fourth-order valence-electron chi connectivity index (χ4n) is 1.41. The van der Waals surface area contributed by atoms with Gasteiger partial charge in [0.1, 0.15) is 5.75 Å². The van der Waals surface area contributed by atoms with Gasteiger partial charge >= 0.3 is 0 Å². The third-order valence-electron chi connectivity index (χ3n) is 2.14. The molecule has 1 aromatic carbocycles. The summed E-state index contributed by atoms with van der Waals surface area (Å²) in [7, 11) is 0. The van der Waals surface area contributed by atoms with E-state index in [2.05, 4.69) is 15.9 Å². The first-order valence-electron chi connectivity index (χ1n) is 4.96. The van der Waals surface area contributed by atoms with E-state index in [9.17, 15) is 8.78 Å². The molecule has 0 radical (unpaired) electrons. The monoisotopic (exact) mass is 293 g/mol. The largest absolute Gasteiger partial charge is 0.508 e. The maximum absolute atomic E-state index is 12.3. The number of hydrogen-bond acceptors (Lipinski definition) is 2. The van der Waals surface area contributed by atoms with Crippen LogP contribution in [0.3, 0.4) is 0 Å². The van der Waals surface area contributed by atoms with Crippen LogP contribution in [0.1, 0.15) is 5.56 Å². The quantitative estimate of drug-likeness (QED) is 0.816. The van der Waals surface area contributed by atoms with E-state index in [-0.39, 0.29) is 12.3 Å². The zero-order valence-electron chi connectivity index (χ0n) is 8.74. The van der Waals surface area contributed by atoms with Crippen LogP contribution < -0.4 is 0 Å². The van der Waals surface area contributed by atoms with Crippen molar-refractivity contribution in [1.82, 2.24) is 4.90 Å². The van der Waals surface area contributed by atoms with Crippen molar-refractivity contribution >= 4 is 15.9 Å². The number of phenols is 1. The first-order chi connectivity index (χ1) is 7.61. The summed E-state index contributed by atoms with van der Waals surface area (Å²) in [5, 5.41) is 9.76. The van der Waals surface area contributed by atoms with E-state index < -0.39 is 6.43 Å². The second kappa shape index (κ2) is 6.81. The first kappa shape index (κ1) is 13.4. The Hall–Kier alpha value is -0.680. The highest BCUT2D eigenvalue weighted by Crippen LogP contribution is 2.12. The zero-order chi connectivity index (χ0) is 12.0. The number of benzene rings is 1. The van der Waals surface area contributed by atoms with Crippen LogP contribution >= 0.6 is 15.9 Å². The first-order valence-corrected chi connectivity index (χ1v) is 6.08. The van der Waals surface area contributed by atoms with Gasteiger partial charge in [-0.2, -0.15) is 0 Å². The Kier molecular flexibility index (Phi) is 5.69. The Morgan fingerprint density at radius 3 is 2.38 bits per heavy atom. The Balaban J connectivity index is 2.56. The third kappa shape index (κ3) is 4.90. The molecule has 1 aromatic rings. The second-order valence-electron chi connectivity index (χ2n) is 3.48. The molecule has 0 fully saturated rings. The van der Waals surface area contributed by atoms with Crippen LogP contribution in [0.4, 0.5) is 8.78 Å². The van der Waals surface area contributed by atoms with Crippen molar-refractivity contribution < 1.29 is 13.9 Å². The smallest absolute Gasteiger partial charge is 0.251 e. The Labute approximate surface area is 102 Å². The minimum Gasteiger partial charge on any atom is -0.508 e. The summed E-state index contributed by atoms with van der Waals surface area (Å²) in [6.45, 7) is 0.813. The summed E-state index contributed by atoms with van der Waals surface area (Å²) in [6.07, 6.45) is -2.32. The Bertz CT molecular complexity index is 305. The maximum Gasteiger partial charge on any atom is 0.251 e. The van der Waals surface area contributed by atoms with Crippen LogP contribution in [0.15, 0.2) is 24.3 Å². The molecule has 1 rings (SSSR count). The molecule has 0 aromatic heterocycles. The number of hydrogen-bond donors (Lipinski definition) is 1. The van der Waals surface area contributed by atoms with Crippen LogP contribution in [-0.4, -0.2) is 34.9 Å². The van der Waals surface area contributed by atoms with Gasteiger partial charge in [-0.25, -0.2) is 8.78 Å². The highest BCUT2D eigenvalue weighted by atomic mass is 79.9. The summed E-state index contributed by atoms with van der Waals surface area (Å²) in [6, 6.07) is 6.60. The van der Waals surface area contributed by atoms with E-state index in [1.807, 2.05) is 0 Å². The van der Waals surface area contributed by atoms with Gasteiger partial charge in [0.2, 0.25) is 0 Å². The number of halogens is 3. The van der Waals surface area contributed by atoms with Crippen molar-refractivity contribution in [1.29, 1.82) is 0 Å². The van der Waals surface area contributed by atoms with Crippen LogP contribution in [-0.2, 0) is 6.54 Å². The Morgan fingerprint density at radius 2 is 1.88 bits per heavy atom. The van der Waals surface area contributed by atoms with Crippen LogP contribution in [0.5, 0.6) is 5.75 Å². The summed E-state index contributed by atoms with van der Waals surface area (Å²) in [5.74, 6) is 0.185. The fraction of sp³-hybridized carbons (Fsp3) is 0.455. The number of alkyl halides is 3. The molecule has 0 aliphatic carbocycles. The number of aromatic hydroxyl groups is 1. The van der Waals surface area contributed by atoms with E-state index in [4.69, 9.17) is 5.11 Å². The average molecular weight is 294 g/mol. The molecule has 0 unspecified atom stereocenters. The van der Waals surface area contributed by atoms with Gasteiger partial charge in [0, 0.05) is 18.4 Å².